The molecule has 2 aromatic rings. The lowest BCUT2D eigenvalue weighted by Gasteiger charge is -2.02. The summed E-state index contributed by atoms with van der Waals surface area (Å²) in [6.07, 6.45) is 1.64. The first-order valence-corrected chi connectivity index (χ1v) is 9.14. The first-order valence-electron chi connectivity index (χ1n) is 6.53. The lowest BCUT2D eigenvalue weighted by atomic mass is 10.2. The van der Waals surface area contributed by atoms with Crippen LogP contribution in [0.1, 0.15) is 11.1 Å². The molecule has 3 nitrogen and oxygen atoms in total. The lowest BCUT2D eigenvalue weighted by molar-refractivity contribution is -0.118. The number of carbonyl (C=O) groups is 1. The van der Waals surface area contributed by atoms with E-state index in [0.29, 0.717) is 5.75 Å². The van der Waals surface area contributed by atoms with Crippen molar-refractivity contribution in [1.82, 2.24) is 5.43 Å². The van der Waals surface area contributed by atoms with Gasteiger partial charge in [-0.15, -0.1) is 11.8 Å². The van der Waals surface area contributed by atoms with Crippen molar-refractivity contribution in [2.45, 2.75) is 5.75 Å². The van der Waals surface area contributed by atoms with E-state index in [1.54, 1.807) is 6.21 Å². The van der Waals surface area contributed by atoms with Crippen LogP contribution in [-0.4, -0.2) is 17.9 Å². The van der Waals surface area contributed by atoms with Crippen LogP contribution in [0, 0.1) is 3.57 Å². The van der Waals surface area contributed by atoms with Gasteiger partial charge in [-0.25, -0.2) is 5.43 Å². The summed E-state index contributed by atoms with van der Waals surface area (Å²) in [6, 6.07) is 15.5. The molecule has 0 saturated heterocycles. The number of thioether (sulfide) groups is 1. The fourth-order valence-electron chi connectivity index (χ4n) is 1.60. The van der Waals surface area contributed by atoms with Gasteiger partial charge >= 0.3 is 0 Å². The predicted molar refractivity (Wildman–Crippen MR) is 103 cm³/mol. The van der Waals surface area contributed by atoms with E-state index in [1.807, 2.05) is 48.5 Å². The number of carbonyl (C=O) groups excluding carboxylic acids is 1. The smallest absolute Gasteiger partial charge is 0.250 e. The zero-order valence-electron chi connectivity index (χ0n) is 11.6. The third-order valence-corrected chi connectivity index (χ3v) is 4.66. The summed E-state index contributed by atoms with van der Waals surface area (Å²) in [4.78, 5) is 11.7. The van der Waals surface area contributed by atoms with Gasteiger partial charge in [-0.1, -0.05) is 35.9 Å². The van der Waals surface area contributed by atoms with Crippen LogP contribution in [-0.2, 0) is 10.5 Å². The molecule has 0 aliphatic rings. The second-order valence-corrected chi connectivity index (χ2v) is 7.13. The van der Waals surface area contributed by atoms with Crippen LogP contribution in [0.4, 0.5) is 0 Å². The van der Waals surface area contributed by atoms with E-state index >= 15 is 0 Å². The summed E-state index contributed by atoms with van der Waals surface area (Å²) in [5, 5.41) is 4.67. The Morgan fingerprint density at radius 2 is 1.86 bits per heavy atom. The number of rotatable bonds is 6. The average Bonchev–Trinajstić information content (AvgIpc) is 2.51. The molecule has 2 aromatic carbocycles. The van der Waals surface area contributed by atoms with E-state index < -0.39 is 0 Å². The van der Waals surface area contributed by atoms with Crippen molar-refractivity contribution in [2.24, 2.45) is 5.10 Å². The molecule has 0 radical (unpaired) electrons. The highest BCUT2D eigenvalue weighted by Crippen LogP contribution is 2.15. The second-order valence-electron chi connectivity index (χ2n) is 4.46. The maximum atomic E-state index is 11.7. The molecule has 0 spiro atoms. The van der Waals surface area contributed by atoms with Gasteiger partial charge in [0.05, 0.1) is 12.0 Å². The Morgan fingerprint density at radius 3 is 2.55 bits per heavy atom. The molecular formula is C16H14ClIN2OS. The van der Waals surface area contributed by atoms with E-state index in [2.05, 4.69) is 33.1 Å². The van der Waals surface area contributed by atoms with Crippen LogP contribution in [0.5, 0.6) is 0 Å². The Balaban J connectivity index is 1.69. The molecule has 0 bridgehead atoms. The minimum Gasteiger partial charge on any atom is -0.272 e. The van der Waals surface area contributed by atoms with E-state index in [1.165, 1.54) is 11.8 Å². The standard InChI is InChI=1S/C16H14ClIN2OS/c17-14-5-1-13(2-6-14)10-22-11-16(21)20-19-9-12-3-7-15(18)8-4-12/h1-9H,10-11H2,(H,20,21)/b19-9+. The molecule has 0 aliphatic heterocycles. The van der Waals surface area contributed by atoms with Gasteiger partial charge in [-0.3, -0.25) is 4.79 Å². The monoisotopic (exact) mass is 444 g/mol. The van der Waals surface area contributed by atoms with Gasteiger partial charge in [0.1, 0.15) is 0 Å². The number of hydrazone groups is 1. The van der Waals surface area contributed by atoms with Gasteiger partial charge < -0.3 is 0 Å². The highest BCUT2D eigenvalue weighted by Gasteiger charge is 2.00. The summed E-state index contributed by atoms with van der Waals surface area (Å²) < 4.78 is 1.16. The quantitative estimate of drug-likeness (QED) is 0.409. The summed E-state index contributed by atoms with van der Waals surface area (Å²) in [6.45, 7) is 0. The Morgan fingerprint density at radius 1 is 1.18 bits per heavy atom. The Bertz CT molecular complexity index is 644. The molecule has 0 fully saturated rings. The maximum absolute atomic E-state index is 11.7. The zero-order chi connectivity index (χ0) is 15.8. The summed E-state index contributed by atoms with van der Waals surface area (Å²) >= 11 is 9.61. The van der Waals surface area contributed by atoms with Crippen molar-refractivity contribution < 1.29 is 4.79 Å². The number of amides is 1. The molecule has 0 saturated carbocycles. The highest BCUT2D eigenvalue weighted by molar-refractivity contribution is 14.1. The van der Waals surface area contributed by atoms with Crippen LogP contribution in [0.15, 0.2) is 53.6 Å². The second kappa shape index (κ2) is 9.17. The summed E-state index contributed by atoms with van der Waals surface area (Å²) in [5.41, 5.74) is 4.62. The van der Waals surface area contributed by atoms with Crippen molar-refractivity contribution in [3.63, 3.8) is 0 Å². The van der Waals surface area contributed by atoms with Gasteiger partial charge in [0, 0.05) is 14.3 Å². The molecule has 0 aromatic heterocycles. The van der Waals surface area contributed by atoms with Gasteiger partial charge in [-0.2, -0.15) is 5.10 Å². The molecule has 0 unspecified atom stereocenters. The van der Waals surface area contributed by atoms with Crippen molar-refractivity contribution in [3.8, 4) is 0 Å². The molecule has 0 aliphatic carbocycles. The highest BCUT2D eigenvalue weighted by atomic mass is 127. The van der Waals surface area contributed by atoms with Gasteiger partial charge in [0.2, 0.25) is 5.91 Å². The number of nitrogens with zero attached hydrogens (tertiary/aromatic N) is 1. The van der Waals surface area contributed by atoms with E-state index in [0.717, 1.165) is 25.5 Å². The first-order chi connectivity index (χ1) is 10.6. The zero-order valence-corrected chi connectivity index (χ0v) is 15.4. The number of benzene rings is 2. The van der Waals surface area contributed by atoms with Crippen LogP contribution in [0.2, 0.25) is 5.02 Å². The Hall–Kier alpha value is -1.05. The fourth-order valence-corrected chi connectivity index (χ4v) is 2.87. The largest absolute Gasteiger partial charge is 0.272 e. The van der Waals surface area contributed by atoms with Crippen LogP contribution in [0.25, 0.3) is 0 Å². The Labute approximate surface area is 152 Å². The van der Waals surface area contributed by atoms with E-state index in [-0.39, 0.29) is 5.91 Å². The van der Waals surface area contributed by atoms with Crippen LogP contribution >= 0.6 is 46.0 Å². The third kappa shape index (κ3) is 6.37. The summed E-state index contributed by atoms with van der Waals surface area (Å²) in [7, 11) is 0. The predicted octanol–water partition coefficient (Wildman–Crippen LogP) is 4.33. The molecule has 0 heterocycles. The van der Waals surface area contributed by atoms with Gasteiger partial charge in [-0.05, 0) is 58.0 Å². The van der Waals surface area contributed by atoms with Crippen molar-refractivity contribution in [1.29, 1.82) is 0 Å². The normalized spacial score (nSPS) is 10.8. The topological polar surface area (TPSA) is 41.5 Å². The number of halogens is 2. The molecular weight excluding hydrogens is 431 g/mol. The number of nitrogens with one attached hydrogen (secondary N) is 1. The van der Waals surface area contributed by atoms with Crippen molar-refractivity contribution in [3.05, 3.63) is 68.3 Å². The SMILES string of the molecule is O=C(CSCc1ccc(Cl)cc1)N/N=C/c1ccc(I)cc1. The van der Waals surface area contributed by atoms with E-state index in [4.69, 9.17) is 11.6 Å². The molecule has 6 heteroatoms. The fraction of sp³-hybridized carbons (Fsp3) is 0.125. The van der Waals surface area contributed by atoms with Gasteiger partial charge in [0.15, 0.2) is 0 Å². The maximum Gasteiger partial charge on any atom is 0.250 e. The Kier molecular flexibility index (Phi) is 7.21. The third-order valence-electron chi connectivity index (χ3n) is 2.69. The van der Waals surface area contributed by atoms with Crippen molar-refractivity contribution >= 4 is 58.1 Å². The van der Waals surface area contributed by atoms with Crippen LogP contribution in [0.3, 0.4) is 0 Å². The van der Waals surface area contributed by atoms with Crippen molar-refractivity contribution in [2.75, 3.05) is 5.75 Å². The molecule has 114 valence electrons. The number of hydrogen-bond acceptors (Lipinski definition) is 3. The number of hydrogen-bond donors (Lipinski definition) is 1. The average molecular weight is 445 g/mol. The molecule has 22 heavy (non-hydrogen) atoms. The minimum absolute atomic E-state index is 0.110. The van der Waals surface area contributed by atoms with Gasteiger partial charge in [0.25, 0.3) is 0 Å². The van der Waals surface area contributed by atoms with Crippen LogP contribution < -0.4 is 5.43 Å². The first kappa shape index (κ1) is 17.3. The molecule has 1 N–H and O–H groups in total. The van der Waals surface area contributed by atoms with E-state index in [9.17, 15) is 4.79 Å². The summed E-state index contributed by atoms with van der Waals surface area (Å²) in [5.74, 6) is 1.03. The molecule has 1 amide bonds. The lowest BCUT2D eigenvalue weighted by Crippen LogP contribution is -2.19. The minimum atomic E-state index is -0.110. The molecule has 2 rings (SSSR count). The molecule has 0 atom stereocenters.